The molecule has 0 aliphatic heterocycles. The molecule has 0 spiro atoms. The Hall–Kier alpha value is -2.02. The number of benzene rings is 2. The zero-order chi connectivity index (χ0) is 13.7. The first-order chi connectivity index (χ1) is 9.19. The van der Waals surface area contributed by atoms with Crippen LogP contribution in [0.25, 0.3) is 11.6 Å². The Kier molecular flexibility index (Phi) is 4.41. The molecular formula is C18H19B. The summed E-state index contributed by atoms with van der Waals surface area (Å²) < 4.78 is 0. The molecule has 0 atom stereocenters. The summed E-state index contributed by atoms with van der Waals surface area (Å²) in [6.45, 7) is 8.39. The van der Waals surface area contributed by atoms with Gasteiger partial charge in [-0.3, -0.25) is 0 Å². The van der Waals surface area contributed by atoms with Crippen LogP contribution in [0.5, 0.6) is 0 Å². The zero-order valence-electron chi connectivity index (χ0n) is 11.7. The highest BCUT2D eigenvalue weighted by atomic mass is 14.0. The van der Waals surface area contributed by atoms with Gasteiger partial charge in [0.15, 0.2) is 7.28 Å². The van der Waals surface area contributed by atoms with Crippen LogP contribution < -0.4 is 5.46 Å². The minimum absolute atomic E-state index is 1.04. The lowest BCUT2D eigenvalue weighted by atomic mass is 9.73. The molecule has 0 saturated carbocycles. The summed E-state index contributed by atoms with van der Waals surface area (Å²) in [7, 11) is 1.08. The molecule has 2 aromatic carbocycles. The fourth-order valence-electron chi connectivity index (χ4n) is 1.93. The van der Waals surface area contributed by atoms with E-state index in [1.165, 1.54) is 22.2 Å². The fourth-order valence-corrected chi connectivity index (χ4v) is 1.93. The van der Waals surface area contributed by atoms with Gasteiger partial charge in [-0.05, 0) is 23.6 Å². The lowest BCUT2D eigenvalue weighted by Gasteiger charge is -2.02. The second-order valence-electron chi connectivity index (χ2n) is 4.82. The number of hydrogen-bond donors (Lipinski definition) is 0. The molecule has 0 aliphatic rings. The molecule has 94 valence electrons. The van der Waals surface area contributed by atoms with Gasteiger partial charge in [-0.25, -0.2) is 0 Å². The van der Waals surface area contributed by atoms with Crippen molar-refractivity contribution in [1.29, 1.82) is 0 Å². The predicted molar refractivity (Wildman–Crippen MR) is 88.3 cm³/mol. The summed E-state index contributed by atoms with van der Waals surface area (Å²) in [6.07, 6.45) is 4.18. The van der Waals surface area contributed by atoms with Gasteiger partial charge in [0.1, 0.15) is 0 Å². The molecule has 0 radical (unpaired) electrons. The Morgan fingerprint density at radius 3 is 2.21 bits per heavy atom. The van der Waals surface area contributed by atoms with Crippen molar-refractivity contribution in [1.82, 2.24) is 0 Å². The highest BCUT2D eigenvalue weighted by Gasteiger charge is 1.96. The number of hydrogen-bond acceptors (Lipinski definition) is 0. The number of rotatable bonds is 4. The molecule has 0 unspecified atom stereocenters. The average molecular weight is 246 g/mol. The summed E-state index contributed by atoms with van der Waals surface area (Å²) in [5, 5.41) is 0. The summed E-state index contributed by atoms with van der Waals surface area (Å²) in [4.78, 5) is 0. The van der Waals surface area contributed by atoms with Crippen LogP contribution in [0.4, 0.5) is 0 Å². The third-order valence-electron chi connectivity index (χ3n) is 3.29. The fraction of sp³-hybridized carbons (Fsp3) is 0.111. The standard InChI is InChI=1S/C18H19B/c1-14-4-7-16(8-5-14)9-6-15(2)17-10-12-18(19-3)13-11-17/h4-13,19H,2H2,1,3H3/b9-6+. The Morgan fingerprint density at radius 2 is 1.63 bits per heavy atom. The molecule has 0 bridgehead atoms. The van der Waals surface area contributed by atoms with Crippen LogP contribution in [-0.4, -0.2) is 7.28 Å². The van der Waals surface area contributed by atoms with E-state index in [1.807, 2.05) is 0 Å². The van der Waals surface area contributed by atoms with Crippen molar-refractivity contribution in [3.63, 3.8) is 0 Å². The van der Waals surface area contributed by atoms with E-state index >= 15 is 0 Å². The van der Waals surface area contributed by atoms with Crippen LogP contribution in [0.2, 0.25) is 6.82 Å². The first kappa shape index (κ1) is 13.4. The van der Waals surface area contributed by atoms with Crippen LogP contribution in [0.3, 0.4) is 0 Å². The van der Waals surface area contributed by atoms with E-state index in [-0.39, 0.29) is 0 Å². The Bertz CT molecular complexity index is 574. The van der Waals surface area contributed by atoms with Gasteiger partial charge >= 0.3 is 0 Å². The van der Waals surface area contributed by atoms with Crippen LogP contribution in [0.15, 0.2) is 61.2 Å². The molecule has 1 heteroatoms. The van der Waals surface area contributed by atoms with Crippen LogP contribution >= 0.6 is 0 Å². The molecule has 0 fully saturated rings. The SMILES string of the molecule is C=C(/C=C/c1ccc(C)cc1)c1ccc(BC)cc1. The normalized spacial score (nSPS) is 10.6. The van der Waals surface area contributed by atoms with Crippen molar-refractivity contribution in [2.45, 2.75) is 13.7 Å². The van der Waals surface area contributed by atoms with E-state index < -0.39 is 0 Å². The van der Waals surface area contributed by atoms with E-state index in [9.17, 15) is 0 Å². The predicted octanol–water partition coefficient (Wildman–Crippen LogP) is 3.83. The van der Waals surface area contributed by atoms with Crippen LogP contribution in [0.1, 0.15) is 16.7 Å². The largest absolute Gasteiger partial charge is 0.154 e. The lowest BCUT2D eigenvalue weighted by molar-refractivity contribution is 1.46. The monoisotopic (exact) mass is 246 g/mol. The minimum atomic E-state index is 1.04. The second kappa shape index (κ2) is 6.24. The Labute approximate surface area is 116 Å². The first-order valence-corrected chi connectivity index (χ1v) is 6.72. The van der Waals surface area contributed by atoms with Gasteiger partial charge in [0.25, 0.3) is 0 Å². The smallest absolute Gasteiger partial charge is 0.0912 e. The van der Waals surface area contributed by atoms with Crippen LogP contribution in [-0.2, 0) is 0 Å². The van der Waals surface area contributed by atoms with Gasteiger partial charge < -0.3 is 0 Å². The van der Waals surface area contributed by atoms with Crippen molar-refractivity contribution in [2.75, 3.05) is 0 Å². The van der Waals surface area contributed by atoms with Gasteiger partial charge in [-0.1, -0.05) is 85.1 Å². The molecule has 0 nitrogen and oxygen atoms in total. The average Bonchev–Trinajstić information content (AvgIpc) is 2.46. The zero-order valence-corrected chi connectivity index (χ0v) is 11.7. The highest BCUT2D eigenvalue weighted by molar-refractivity contribution is 6.51. The van der Waals surface area contributed by atoms with E-state index in [0.29, 0.717) is 0 Å². The van der Waals surface area contributed by atoms with Gasteiger partial charge in [0, 0.05) is 0 Å². The third kappa shape index (κ3) is 3.72. The summed E-state index contributed by atoms with van der Waals surface area (Å²) in [5.41, 5.74) is 6.07. The maximum atomic E-state index is 4.13. The van der Waals surface area contributed by atoms with Gasteiger partial charge in [-0.2, -0.15) is 0 Å². The Morgan fingerprint density at radius 1 is 1.00 bits per heavy atom. The molecular weight excluding hydrogens is 227 g/mol. The van der Waals surface area contributed by atoms with Gasteiger partial charge in [0.05, 0.1) is 0 Å². The Balaban J connectivity index is 2.09. The first-order valence-electron chi connectivity index (χ1n) is 6.72. The summed E-state index contributed by atoms with van der Waals surface area (Å²) in [5.74, 6) is 0. The highest BCUT2D eigenvalue weighted by Crippen LogP contribution is 2.14. The summed E-state index contributed by atoms with van der Waals surface area (Å²) >= 11 is 0. The van der Waals surface area contributed by atoms with Crippen molar-refractivity contribution >= 4 is 24.4 Å². The van der Waals surface area contributed by atoms with E-state index in [0.717, 1.165) is 12.9 Å². The quantitative estimate of drug-likeness (QED) is 0.568. The lowest BCUT2D eigenvalue weighted by Crippen LogP contribution is -2.08. The number of allylic oxidation sites excluding steroid dienone is 2. The van der Waals surface area contributed by atoms with E-state index in [4.69, 9.17) is 0 Å². The molecule has 0 heterocycles. The maximum Gasteiger partial charge on any atom is 0.154 e. The molecule has 2 aromatic rings. The minimum Gasteiger partial charge on any atom is -0.0912 e. The molecule has 0 aromatic heterocycles. The molecule has 0 saturated heterocycles. The molecule has 2 rings (SSSR count). The van der Waals surface area contributed by atoms with Crippen molar-refractivity contribution in [3.8, 4) is 0 Å². The summed E-state index contributed by atoms with van der Waals surface area (Å²) in [6, 6.07) is 17.1. The maximum absolute atomic E-state index is 4.13. The van der Waals surface area contributed by atoms with Gasteiger partial charge in [0.2, 0.25) is 0 Å². The van der Waals surface area contributed by atoms with Crippen molar-refractivity contribution < 1.29 is 0 Å². The second-order valence-corrected chi connectivity index (χ2v) is 4.82. The molecule has 0 N–H and O–H groups in total. The molecule has 0 aliphatic carbocycles. The van der Waals surface area contributed by atoms with Crippen LogP contribution in [0, 0.1) is 6.92 Å². The van der Waals surface area contributed by atoms with E-state index in [1.54, 1.807) is 0 Å². The van der Waals surface area contributed by atoms with Gasteiger partial charge in [-0.15, -0.1) is 0 Å². The van der Waals surface area contributed by atoms with Crippen molar-refractivity contribution in [2.24, 2.45) is 0 Å². The van der Waals surface area contributed by atoms with E-state index in [2.05, 4.69) is 81.0 Å². The topological polar surface area (TPSA) is 0 Å². The molecule has 0 amide bonds. The number of aryl methyl sites for hydroxylation is 1. The third-order valence-corrected chi connectivity index (χ3v) is 3.29. The van der Waals surface area contributed by atoms with Crippen molar-refractivity contribution in [3.05, 3.63) is 77.9 Å². The molecule has 19 heavy (non-hydrogen) atoms.